The van der Waals surface area contributed by atoms with Crippen molar-refractivity contribution < 1.29 is 13.2 Å². The smallest absolute Gasteiger partial charge is 0.247 e. The fourth-order valence-electron chi connectivity index (χ4n) is 4.06. The minimum absolute atomic E-state index is 0.107. The van der Waals surface area contributed by atoms with Crippen LogP contribution in [0.1, 0.15) is 33.1 Å². The number of benzene rings is 1. The second kappa shape index (κ2) is 9.11. The highest BCUT2D eigenvalue weighted by Gasteiger charge is 2.43. The van der Waals surface area contributed by atoms with E-state index in [0.29, 0.717) is 29.7 Å². The maximum Gasteiger partial charge on any atom is 0.247 e. The number of para-hydroxylation sites is 1. The molecule has 0 amide bonds. The monoisotopic (exact) mass is 409 g/mol. The van der Waals surface area contributed by atoms with E-state index in [-0.39, 0.29) is 12.1 Å². The van der Waals surface area contributed by atoms with Gasteiger partial charge < -0.3 is 14.5 Å². The largest absolute Gasteiger partial charge is 0.487 e. The number of sulfonamides is 1. The summed E-state index contributed by atoms with van der Waals surface area (Å²) in [5, 5.41) is 0. The summed E-state index contributed by atoms with van der Waals surface area (Å²) in [6.45, 7) is 8.62. The lowest BCUT2D eigenvalue weighted by molar-refractivity contribution is 0.110. The quantitative estimate of drug-likeness (QED) is 0.723. The molecule has 3 rings (SSSR count). The molecule has 7 heteroatoms. The Kier molecular flexibility index (Phi) is 7.02. The Hall–Kier alpha value is -1.15. The third-order valence-electron chi connectivity index (χ3n) is 5.77. The van der Waals surface area contributed by atoms with Crippen LogP contribution in [0.2, 0.25) is 0 Å². The Morgan fingerprint density at radius 2 is 1.86 bits per heavy atom. The van der Waals surface area contributed by atoms with E-state index in [1.54, 1.807) is 22.5 Å². The highest BCUT2D eigenvalue weighted by Crippen LogP contribution is 2.36. The lowest BCUT2D eigenvalue weighted by Crippen LogP contribution is -2.49. The van der Waals surface area contributed by atoms with Crippen molar-refractivity contribution >= 4 is 10.0 Å². The molecule has 158 valence electrons. The second-order valence-corrected chi connectivity index (χ2v) is 10.5. The molecular weight excluding hydrogens is 374 g/mol. The molecule has 2 aliphatic rings. The Labute approximate surface area is 170 Å². The van der Waals surface area contributed by atoms with Crippen molar-refractivity contribution in [2.45, 2.75) is 50.2 Å². The summed E-state index contributed by atoms with van der Waals surface area (Å²) in [6.07, 6.45) is 2.72. The van der Waals surface area contributed by atoms with Crippen molar-refractivity contribution in [3.8, 4) is 5.75 Å². The van der Waals surface area contributed by atoms with Gasteiger partial charge in [0, 0.05) is 19.6 Å². The first-order valence-corrected chi connectivity index (χ1v) is 11.9. The van der Waals surface area contributed by atoms with Crippen molar-refractivity contribution in [3.63, 3.8) is 0 Å². The van der Waals surface area contributed by atoms with Gasteiger partial charge in [0.25, 0.3) is 0 Å². The van der Waals surface area contributed by atoms with Crippen LogP contribution in [0.5, 0.6) is 5.75 Å². The van der Waals surface area contributed by atoms with Gasteiger partial charge in [0.2, 0.25) is 10.0 Å². The van der Waals surface area contributed by atoms with Crippen LogP contribution in [0.3, 0.4) is 0 Å². The summed E-state index contributed by atoms with van der Waals surface area (Å²) >= 11 is 0. The summed E-state index contributed by atoms with van der Waals surface area (Å²) < 4.78 is 35.1. The van der Waals surface area contributed by atoms with Crippen LogP contribution in [0.4, 0.5) is 0 Å². The van der Waals surface area contributed by atoms with E-state index in [1.807, 2.05) is 25.1 Å². The van der Waals surface area contributed by atoms with Gasteiger partial charge in [-0.05, 0) is 64.5 Å². The zero-order valence-electron chi connectivity index (χ0n) is 17.7. The molecule has 0 aliphatic carbocycles. The fraction of sp³-hybridized carbons (Fsp3) is 0.714. The van der Waals surface area contributed by atoms with Crippen LogP contribution in [0, 0.1) is 5.92 Å². The molecule has 1 aromatic carbocycles. The predicted molar refractivity (Wildman–Crippen MR) is 112 cm³/mol. The minimum atomic E-state index is -3.58. The molecule has 6 nitrogen and oxygen atoms in total. The molecule has 0 saturated carbocycles. The molecule has 0 aromatic heterocycles. The van der Waals surface area contributed by atoms with E-state index in [9.17, 15) is 8.42 Å². The third-order valence-corrected chi connectivity index (χ3v) is 7.74. The molecule has 28 heavy (non-hydrogen) atoms. The van der Waals surface area contributed by atoms with Crippen LogP contribution in [-0.4, -0.2) is 81.5 Å². The standard InChI is InChI=1S/C21H35N3O3S/c1-17(2)9-12-23-13-10-18-19(11-14-23)27-20-7-5-6-8-21(20)28(25,26)24(18)16-15-22(3)4/h5-8,17-19H,9-16H2,1-4H3/t18-,19-/m0/s1. The summed E-state index contributed by atoms with van der Waals surface area (Å²) in [5.41, 5.74) is 0. The zero-order chi connectivity index (χ0) is 20.3. The maximum atomic E-state index is 13.5. The Morgan fingerprint density at radius 1 is 1.14 bits per heavy atom. The Morgan fingerprint density at radius 3 is 2.57 bits per heavy atom. The molecule has 0 bridgehead atoms. The van der Waals surface area contributed by atoms with Crippen molar-refractivity contribution in [1.82, 2.24) is 14.1 Å². The third kappa shape index (κ3) is 4.87. The van der Waals surface area contributed by atoms with E-state index in [2.05, 4.69) is 18.7 Å². The lowest BCUT2D eigenvalue weighted by Gasteiger charge is -2.32. The van der Waals surface area contributed by atoms with Gasteiger partial charge in [-0.3, -0.25) is 0 Å². The Balaban J connectivity index is 1.89. The minimum Gasteiger partial charge on any atom is -0.487 e. The van der Waals surface area contributed by atoms with Gasteiger partial charge in [-0.15, -0.1) is 0 Å². The van der Waals surface area contributed by atoms with Gasteiger partial charge >= 0.3 is 0 Å². The second-order valence-electron chi connectivity index (χ2n) is 8.69. The van der Waals surface area contributed by atoms with Gasteiger partial charge in [0.05, 0.1) is 6.04 Å². The first kappa shape index (κ1) is 21.6. The molecule has 2 atom stereocenters. The van der Waals surface area contributed by atoms with Crippen LogP contribution in [-0.2, 0) is 10.0 Å². The van der Waals surface area contributed by atoms with Crippen LogP contribution in [0.25, 0.3) is 0 Å². The van der Waals surface area contributed by atoms with Crippen molar-refractivity contribution in [2.24, 2.45) is 5.92 Å². The molecule has 2 aliphatic heterocycles. The summed E-state index contributed by atoms with van der Waals surface area (Å²) in [5.74, 6) is 1.18. The topological polar surface area (TPSA) is 53.1 Å². The highest BCUT2D eigenvalue weighted by molar-refractivity contribution is 7.89. The van der Waals surface area contributed by atoms with Gasteiger partial charge in [0.15, 0.2) is 0 Å². The van der Waals surface area contributed by atoms with Crippen LogP contribution in [0.15, 0.2) is 29.2 Å². The molecule has 2 heterocycles. The van der Waals surface area contributed by atoms with E-state index in [0.717, 1.165) is 32.5 Å². The first-order chi connectivity index (χ1) is 13.3. The SMILES string of the molecule is CC(C)CCN1CC[C@@H]2Oc3ccccc3S(=O)(=O)N(CCN(C)C)[C@H]2CC1. The molecule has 1 saturated heterocycles. The molecule has 1 fully saturated rings. The van der Waals surface area contributed by atoms with Gasteiger partial charge in [-0.1, -0.05) is 26.0 Å². The van der Waals surface area contributed by atoms with E-state index in [4.69, 9.17) is 4.74 Å². The van der Waals surface area contributed by atoms with Crippen LogP contribution >= 0.6 is 0 Å². The number of rotatable bonds is 6. The van der Waals surface area contributed by atoms with E-state index in [1.165, 1.54) is 6.42 Å². The number of fused-ring (bicyclic) bond motifs is 2. The zero-order valence-corrected chi connectivity index (χ0v) is 18.5. The average Bonchev–Trinajstić information content (AvgIpc) is 2.87. The van der Waals surface area contributed by atoms with Gasteiger partial charge in [-0.25, -0.2) is 8.42 Å². The number of hydrogen-bond acceptors (Lipinski definition) is 5. The summed E-state index contributed by atoms with van der Waals surface area (Å²) in [7, 11) is 0.377. The van der Waals surface area contributed by atoms with E-state index >= 15 is 0 Å². The predicted octanol–water partition coefficient (Wildman–Crippen LogP) is 2.51. The number of ether oxygens (including phenoxy) is 1. The molecule has 1 aromatic rings. The van der Waals surface area contributed by atoms with Gasteiger partial charge in [0.1, 0.15) is 16.7 Å². The normalized spacial score (nSPS) is 25.6. The van der Waals surface area contributed by atoms with Gasteiger partial charge in [-0.2, -0.15) is 4.31 Å². The molecule has 0 radical (unpaired) electrons. The average molecular weight is 410 g/mol. The lowest BCUT2D eigenvalue weighted by atomic mass is 10.1. The van der Waals surface area contributed by atoms with Crippen molar-refractivity contribution in [3.05, 3.63) is 24.3 Å². The number of likely N-dealkylation sites (N-methyl/N-ethyl adjacent to an activating group) is 1. The van der Waals surface area contributed by atoms with E-state index < -0.39 is 10.0 Å². The molecule has 0 N–H and O–H groups in total. The molecular formula is C21H35N3O3S. The number of hydrogen-bond donors (Lipinski definition) is 0. The van der Waals surface area contributed by atoms with Crippen molar-refractivity contribution in [1.29, 1.82) is 0 Å². The number of nitrogens with zero attached hydrogens (tertiary/aromatic N) is 3. The highest BCUT2D eigenvalue weighted by atomic mass is 32.2. The summed E-state index contributed by atoms with van der Waals surface area (Å²) in [6, 6.07) is 6.97. The first-order valence-electron chi connectivity index (χ1n) is 10.4. The van der Waals surface area contributed by atoms with Crippen LogP contribution < -0.4 is 4.74 Å². The summed E-state index contributed by atoms with van der Waals surface area (Å²) in [4.78, 5) is 4.81. The van der Waals surface area contributed by atoms with Crippen molar-refractivity contribution in [2.75, 3.05) is 46.8 Å². The fourth-order valence-corrected chi connectivity index (χ4v) is 5.85. The Bertz CT molecular complexity index is 751. The maximum absolute atomic E-state index is 13.5. The molecule has 0 spiro atoms. The molecule has 0 unspecified atom stereocenters. The number of likely N-dealkylation sites (tertiary alicyclic amines) is 1.